The van der Waals surface area contributed by atoms with Gasteiger partial charge in [0.15, 0.2) is 17.3 Å². The van der Waals surface area contributed by atoms with Crippen molar-refractivity contribution in [1.82, 2.24) is 9.80 Å². The van der Waals surface area contributed by atoms with E-state index in [4.69, 9.17) is 4.74 Å². The summed E-state index contributed by atoms with van der Waals surface area (Å²) in [4.78, 5) is 34.7. The van der Waals surface area contributed by atoms with E-state index in [2.05, 4.69) is 48.3 Å². The smallest absolute Gasteiger partial charge is 0.242 e. The lowest BCUT2D eigenvalue weighted by Crippen LogP contribution is -2.51. The Bertz CT molecular complexity index is 1830. The summed E-state index contributed by atoms with van der Waals surface area (Å²) in [6.45, 7) is 7.92. The van der Waals surface area contributed by atoms with E-state index in [9.17, 15) is 9.59 Å². The highest BCUT2D eigenvalue weighted by Gasteiger charge is 2.42. The Morgan fingerprint density at radius 1 is 0.875 bits per heavy atom. The van der Waals surface area contributed by atoms with Crippen LogP contribution in [0.4, 0.5) is 15.8 Å². The molecule has 3 aliphatic rings. The maximum atomic E-state index is 15.3. The van der Waals surface area contributed by atoms with Crippen molar-refractivity contribution in [3.63, 3.8) is 0 Å². The van der Waals surface area contributed by atoms with Gasteiger partial charge in [-0.1, -0.05) is 80.6 Å². The summed E-state index contributed by atoms with van der Waals surface area (Å²) in [7, 11) is 0. The second kappa shape index (κ2) is 13.3. The first-order valence-electron chi connectivity index (χ1n) is 16.7. The van der Waals surface area contributed by atoms with Crippen LogP contribution in [0.25, 0.3) is 0 Å². The zero-order chi connectivity index (χ0) is 33.3. The number of fused-ring (bicyclic) bond motifs is 1. The molecule has 0 aromatic heterocycles. The predicted molar refractivity (Wildman–Crippen MR) is 186 cm³/mol. The SMILES string of the molecule is CC1(C)CC(=O)C2=C(C1)Nc1ccccc1N(CC(=O)N1CCN(Cc3ccccc3)CC1)C2c1ccc(F)c(Oc2ccccc2)c1. The number of halogens is 1. The van der Waals surface area contributed by atoms with E-state index in [0.717, 1.165) is 36.7 Å². The minimum absolute atomic E-state index is 0.00956. The first-order valence-corrected chi connectivity index (χ1v) is 16.7. The van der Waals surface area contributed by atoms with E-state index in [0.29, 0.717) is 42.8 Å². The number of amides is 1. The number of hydrogen-bond donors (Lipinski definition) is 1. The van der Waals surface area contributed by atoms with Gasteiger partial charge < -0.3 is 19.9 Å². The normalized spacial score (nSPS) is 19.2. The summed E-state index contributed by atoms with van der Waals surface area (Å²) >= 11 is 0. The number of rotatable bonds is 7. The third-order valence-corrected chi connectivity index (χ3v) is 9.53. The summed E-state index contributed by atoms with van der Waals surface area (Å²) in [5.41, 5.74) is 4.80. The fourth-order valence-electron chi connectivity index (χ4n) is 7.20. The predicted octanol–water partition coefficient (Wildman–Crippen LogP) is 7.58. The van der Waals surface area contributed by atoms with Gasteiger partial charge in [-0.25, -0.2) is 4.39 Å². The fraction of sp³-hybridized carbons (Fsp3) is 0.300. The number of carbonyl (C=O) groups excluding carboxylic acids is 2. The number of benzene rings is 4. The van der Waals surface area contributed by atoms with E-state index in [-0.39, 0.29) is 29.4 Å². The van der Waals surface area contributed by atoms with Gasteiger partial charge in [0.05, 0.1) is 24.0 Å². The molecule has 2 aliphatic heterocycles. The Hall–Kier alpha value is -4.95. The van der Waals surface area contributed by atoms with Gasteiger partial charge >= 0.3 is 0 Å². The van der Waals surface area contributed by atoms with Crippen LogP contribution in [0.1, 0.15) is 43.9 Å². The van der Waals surface area contributed by atoms with Gasteiger partial charge in [0.1, 0.15) is 5.75 Å². The Kier molecular flexibility index (Phi) is 8.75. The lowest BCUT2D eigenvalue weighted by atomic mass is 9.73. The molecule has 1 unspecified atom stereocenters. The van der Waals surface area contributed by atoms with Crippen molar-refractivity contribution < 1.29 is 18.7 Å². The van der Waals surface area contributed by atoms with Crippen molar-refractivity contribution in [1.29, 1.82) is 0 Å². The number of piperazine rings is 1. The molecule has 0 radical (unpaired) electrons. The number of Topliss-reactive ketones (excluding diaryl/α,β-unsaturated/α-hetero) is 1. The highest BCUT2D eigenvalue weighted by molar-refractivity contribution is 6.02. The first-order chi connectivity index (χ1) is 23.2. The number of carbonyl (C=O) groups is 2. The van der Waals surface area contributed by atoms with Crippen molar-refractivity contribution in [2.75, 3.05) is 42.9 Å². The average molecular weight is 645 g/mol. The number of nitrogens with one attached hydrogen (secondary N) is 1. The molecule has 1 N–H and O–H groups in total. The minimum Gasteiger partial charge on any atom is -0.454 e. The van der Waals surface area contributed by atoms with Crippen LogP contribution in [0, 0.1) is 11.2 Å². The molecule has 0 saturated carbocycles. The molecule has 1 amide bonds. The van der Waals surface area contributed by atoms with E-state index in [1.54, 1.807) is 24.3 Å². The monoisotopic (exact) mass is 644 g/mol. The first kappa shape index (κ1) is 31.6. The number of para-hydroxylation sites is 3. The summed E-state index contributed by atoms with van der Waals surface area (Å²) in [5.74, 6) is 0.0834. The van der Waals surface area contributed by atoms with Gasteiger partial charge in [0.2, 0.25) is 5.91 Å². The number of hydrogen-bond acceptors (Lipinski definition) is 6. The van der Waals surface area contributed by atoms with Gasteiger partial charge in [0, 0.05) is 50.4 Å². The van der Waals surface area contributed by atoms with Gasteiger partial charge in [0.25, 0.3) is 0 Å². The molecule has 1 aliphatic carbocycles. The van der Waals surface area contributed by atoms with Gasteiger partial charge in [-0.3, -0.25) is 14.5 Å². The molecule has 4 aromatic rings. The molecule has 4 aromatic carbocycles. The number of anilines is 2. The zero-order valence-corrected chi connectivity index (χ0v) is 27.5. The van der Waals surface area contributed by atoms with Crippen LogP contribution in [0.5, 0.6) is 11.5 Å². The van der Waals surface area contributed by atoms with Crippen molar-refractivity contribution in [2.24, 2.45) is 5.41 Å². The number of allylic oxidation sites excluding steroid dienone is 1. The van der Waals surface area contributed by atoms with E-state index in [1.807, 2.05) is 58.3 Å². The Morgan fingerprint density at radius 3 is 2.31 bits per heavy atom. The Balaban J connectivity index is 1.24. The molecule has 7 nitrogen and oxygen atoms in total. The number of ether oxygens (including phenoxy) is 1. The third kappa shape index (κ3) is 6.71. The summed E-state index contributed by atoms with van der Waals surface area (Å²) < 4.78 is 21.3. The molecule has 48 heavy (non-hydrogen) atoms. The number of ketones is 1. The topological polar surface area (TPSA) is 65.1 Å². The highest BCUT2D eigenvalue weighted by atomic mass is 19.1. The summed E-state index contributed by atoms with van der Waals surface area (Å²) in [6, 6.07) is 31.5. The van der Waals surface area contributed by atoms with Crippen LogP contribution < -0.4 is 15.0 Å². The molecular weight excluding hydrogens is 603 g/mol. The molecular formula is C40H41FN4O3. The molecule has 1 saturated heterocycles. The standard InChI is InChI=1S/C40H41FN4O3/c1-40(2)24-33-38(35(46)25-40)39(29-17-18-31(41)36(23-29)48-30-13-7-4-8-14-30)45(34-16-10-9-15-32(34)42-33)27-37(47)44-21-19-43(20-22-44)26-28-11-5-3-6-12-28/h3-18,23,39,42H,19-22,24-27H2,1-2H3. The van der Waals surface area contributed by atoms with Crippen LogP contribution >= 0.6 is 0 Å². The van der Waals surface area contributed by atoms with Crippen LogP contribution in [-0.2, 0) is 16.1 Å². The molecule has 2 heterocycles. The minimum atomic E-state index is -0.637. The van der Waals surface area contributed by atoms with Crippen LogP contribution in [0.15, 0.2) is 114 Å². The largest absolute Gasteiger partial charge is 0.454 e. The quantitative estimate of drug-likeness (QED) is 0.224. The molecule has 0 spiro atoms. The molecule has 8 heteroatoms. The highest BCUT2D eigenvalue weighted by Crippen LogP contribution is 2.48. The second-order valence-corrected chi connectivity index (χ2v) is 13.8. The maximum absolute atomic E-state index is 15.3. The van der Waals surface area contributed by atoms with Crippen molar-refractivity contribution in [3.8, 4) is 11.5 Å². The number of nitrogens with zero attached hydrogens (tertiary/aromatic N) is 3. The summed E-state index contributed by atoms with van der Waals surface area (Å²) in [6.07, 6.45) is 1.04. The van der Waals surface area contributed by atoms with Crippen molar-refractivity contribution >= 4 is 23.1 Å². The Labute approximate surface area is 281 Å². The van der Waals surface area contributed by atoms with Gasteiger partial charge in [-0.05, 0) is 59.4 Å². The zero-order valence-electron chi connectivity index (χ0n) is 27.5. The lowest BCUT2D eigenvalue weighted by Gasteiger charge is -2.40. The fourth-order valence-corrected chi connectivity index (χ4v) is 7.20. The van der Waals surface area contributed by atoms with E-state index in [1.165, 1.54) is 11.6 Å². The van der Waals surface area contributed by atoms with Crippen molar-refractivity contribution in [3.05, 3.63) is 131 Å². The molecule has 7 rings (SSSR count). The molecule has 1 atom stereocenters. The lowest BCUT2D eigenvalue weighted by molar-refractivity contribution is -0.131. The molecule has 1 fully saturated rings. The van der Waals surface area contributed by atoms with Gasteiger partial charge in [-0.15, -0.1) is 0 Å². The van der Waals surface area contributed by atoms with E-state index >= 15 is 4.39 Å². The average Bonchev–Trinajstić information content (AvgIpc) is 3.21. The van der Waals surface area contributed by atoms with Crippen LogP contribution in [0.2, 0.25) is 0 Å². The second-order valence-electron chi connectivity index (χ2n) is 13.8. The molecule has 0 bridgehead atoms. The van der Waals surface area contributed by atoms with Crippen molar-refractivity contribution in [2.45, 2.75) is 39.3 Å². The van der Waals surface area contributed by atoms with Crippen LogP contribution in [0.3, 0.4) is 0 Å². The third-order valence-electron chi connectivity index (χ3n) is 9.53. The van der Waals surface area contributed by atoms with Crippen LogP contribution in [-0.4, -0.2) is 54.2 Å². The maximum Gasteiger partial charge on any atom is 0.242 e. The van der Waals surface area contributed by atoms with Gasteiger partial charge in [-0.2, -0.15) is 0 Å². The molecule has 246 valence electrons. The van der Waals surface area contributed by atoms with E-state index < -0.39 is 11.9 Å². The summed E-state index contributed by atoms with van der Waals surface area (Å²) in [5, 5.41) is 3.60. The Morgan fingerprint density at radius 2 is 1.56 bits per heavy atom.